The number of halogens is 1. The molecule has 2 heterocycles. The number of benzene rings is 1. The van der Waals surface area contributed by atoms with E-state index in [9.17, 15) is 9.59 Å². The van der Waals surface area contributed by atoms with Crippen molar-refractivity contribution in [2.45, 2.75) is 20.8 Å². The van der Waals surface area contributed by atoms with Crippen molar-refractivity contribution in [1.82, 2.24) is 9.88 Å². The molecule has 0 atom stereocenters. The smallest absolute Gasteiger partial charge is 0.290 e. The van der Waals surface area contributed by atoms with E-state index in [1.807, 2.05) is 45.0 Å². The number of amides is 2. The number of rotatable bonds is 2. The number of nitrogens with one attached hydrogen (secondary N) is 1. The second-order valence-corrected chi connectivity index (χ2v) is 6.90. The third kappa shape index (κ3) is 2.94. The number of carbonyl (C=O) groups is 2. The van der Waals surface area contributed by atoms with Gasteiger partial charge in [-0.3, -0.25) is 14.9 Å². The van der Waals surface area contributed by atoms with Crippen LogP contribution in [0.1, 0.15) is 22.5 Å². The van der Waals surface area contributed by atoms with Crippen molar-refractivity contribution in [3.63, 3.8) is 0 Å². The third-order valence-electron chi connectivity index (χ3n) is 3.81. The number of thioether (sulfide) groups is 1. The fourth-order valence-electron chi connectivity index (χ4n) is 2.69. The van der Waals surface area contributed by atoms with E-state index in [0.29, 0.717) is 9.93 Å². The van der Waals surface area contributed by atoms with Crippen LogP contribution in [-0.4, -0.2) is 15.7 Å². The maximum Gasteiger partial charge on any atom is 0.290 e. The molecular weight excluding hydrogens is 332 g/mol. The zero-order chi connectivity index (χ0) is 16.7. The van der Waals surface area contributed by atoms with E-state index in [4.69, 9.17) is 11.6 Å². The first-order valence-corrected chi connectivity index (χ1v) is 8.26. The van der Waals surface area contributed by atoms with Gasteiger partial charge in [0.1, 0.15) is 0 Å². The van der Waals surface area contributed by atoms with Gasteiger partial charge >= 0.3 is 0 Å². The molecule has 1 aromatic carbocycles. The van der Waals surface area contributed by atoms with Gasteiger partial charge in [0.05, 0.1) is 4.91 Å². The van der Waals surface area contributed by atoms with Gasteiger partial charge in [0, 0.05) is 22.1 Å². The minimum Gasteiger partial charge on any atom is -0.318 e. The van der Waals surface area contributed by atoms with E-state index in [-0.39, 0.29) is 11.1 Å². The van der Waals surface area contributed by atoms with Crippen LogP contribution in [0.15, 0.2) is 29.2 Å². The minimum atomic E-state index is -0.344. The average Bonchev–Trinajstić information content (AvgIpc) is 2.93. The largest absolute Gasteiger partial charge is 0.318 e. The first-order valence-electron chi connectivity index (χ1n) is 7.07. The molecule has 1 N–H and O–H groups in total. The lowest BCUT2D eigenvalue weighted by molar-refractivity contribution is -0.115. The highest BCUT2D eigenvalue weighted by Crippen LogP contribution is 2.30. The lowest BCUT2D eigenvalue weighted by Gasteiger charge is -2.13. The van der Waals surface area contributed by atoms with Crippen molar-refractivity contribution < 1.29 is 9.59 Å². The zero-order valence-corrected chi connectivity index (χ0v) is 14.5. The predicted molar refractivity (Wildman–Crippen MR) is 94.1 cm³/mol. The summed E-state index contributed by atoms with van der Waals surface area (Å²) in [6.07, 6.45) is 1.75. The van der Waals surface area contributed by atoms with Crippen LogP contribution in [0.4, 0.5) is 4.79 Å². The minimum absolute atomic E-state index is 0.333. The number of carbonyl (C=O) groups excluding carboxylic acids is 2. The fourth-order valence-corrected chi connectivity index (χ4v) is 3.53. The highest BCUT2D eigenvalue weighted by molar-refractivity contribution is 8.18. The van der Waals surface area contributed by atoms with Crippen LogP contribution in [0.2, 0.25) is 5.02 Å². The monoisotopic (exact) mass is 346 g/mol. The van der Waals surface area contributed by atoms with Gasteiger partial charge in [-0.1, -0.05) is 17.7 Å². The Kier molecular flexibility index (Phi) is 4.08. The summed E-state index contributed by atoms with van der Waals surface area (Å²) in [5.41, 5.74) is 5.06. The van der Waals surface area contributed by atoms with Crippen LogP contribution in [0.3, 0.4) is 0 Å². The van der Waals surface area contributed by atoms with Gasteiger partial charge < -0.3 is 4.57 Å². The molecule has 118 valence electrons. The Morgan fingerprint density at radius 2 is 1.91 bits per heavy atom. The lowest BCUT2D eigenvalue weighted by atomic mass is 10.2. The Bertz CT molecular complexity index is 868. The summed E-state index contributed by atoms with van der Waals surface area (Å²) in [7, 11) is 0. The molecule has 0 bridgehead atoms. The van der Waals surface area contributed by atoms with Crippen LogP contribution in [0.25, 0.3) is 11.8 Å². The number of hydrogen-bond donors (Lipinski definition) is 1. The molecule has 1 aromatic heterocycles. The summed E-state index contributed by atoms with van der Waals surface area (Å²) in [5, 5.41) is 2.61. The fraction of sp³-hybridized carbons (Fsp3) is 0.176. The van der Waals surface area contributed by atoms with Crippen LogP contribution in [0, 0.1) is 20.8 Å². The SMILES string of the molecule is Cc1ccc(Cl)cc1-n1c(C)cc(/C=C2\SC(=O)NC2=O)c1C. The van der Waals surface area contributed by atoms with Gasteiger partial charge in [0.2, 0.25) is 0 Å². The molecule has 1 aliphatic rings. The Morgan fingerprint density at radius 3 is 2.57 bits per heavy atom. The molecule has 2 aromatic rings. The van der Waals surface area contributed by atoms with E-state index in [1.54, 1.807) is 6.08 Å². The molecule has 0 aliphatic carbocycles. The van der Waals surface area contributed by atoms with E-state index in [2.05, 4.69) is 9.88 Å². The molecule has 6 heteroatoms. The van der Waals surface area contributed by atoms with Gasteiger partial charge in [0.25, 0.3) is 11.1 Å². The molecule has 0 radical (unpaired) electrons. The Hall–Kier alpha value is -1.98. The molecular formula is C17H15ClN2O2S. The van der Waals surface area contributed by atoms with Gasteiger partial charge in [-0.25, -0.2) is 0 Å². The number of nitrogens with zero attached hydrogens (tertiary/aromatic N) is 1. The van der Waals surface area contributed by atoms with E-state index in [1.165, 1.54) is 0 Å². The van der Waals surface area contributed by atoms with Gasteiger partial charge in [-0.15, -0.1) is 0 Å². The molecule has 0 unspecified atom stereocenters. The Balaban J connectivity index is 2.10. The topological polar surface area (TPSA) is 51.1 Å². The number of aryl methyl sites for hydroxylation is 2. The molecule has 2 amide bonds. The van der Waals surface area contributed by atoms with E-state index < -0.39 is 0 Å². The molecule has 0 saturated carbocycles. The molecule has 1 saturated heterocycles. The second-order valence-electron chi connectivity index (χ2n) is 5.44. The first kappa shape index (κ1) is 15.9. The normalized spacial score (nSPS) is 16.3. The van der Waals surface area contributed by atoms with Crippen molar-refractivity contribution in [3.05, 3.63) is 56.7 Å². The number of hydrogen-bond acceptors (Lipinski definition) is 3. The lowest BCUT2D eigenvalue weighted by Crippen LogP contribution is -2.17. The average molecular weight is 347 g/mol. The summed E-state index contributed by atoms with van der Waals surface area (Å²) in [6.45, 7) is 6.02. The van der Waals surface area contributed by atoms with E-state index >= 15 is 0 Å². The summed E-state index contributed by atoms with van der Waals surface area (Å²) < 4.78 is 2.10. The maximum atomic E-state index is 11.7. The predicted octanol–water partition coefficient (Wildman–Crippen LogP) is 4.38. The summed E-state index contributed by atoms with van der Waals surface area (Å²) in [5.74, 6) is -0.344. The van der Waals surface area contributed by atoms with Gasteiger partial charge in [0.15, 0.2) is 0 Å². The summed E-state index contributed by atoms with van der Waals surface area (Å²) in [4.78, 5) is 23.4. The Morgan fingerprint density at radius 1 is 1.17 bits per heavy atom. The standard InChI is InChI=1S/C17H15ClN2O2S/c1-9-4-5-13(18)8-14(9)20-10(2)6-12(11(20)3)7-15-16(21)19-17(22)23-15/h4-8H,1-3H3,(H,19,21,22)/b15-7-. The third-order valence-corrected chi connectivity index (χ3v) is 4.86. The highest BCUT2D eigenvalue weighted by Gasteiger charge is 2.25. The quantitative estimate of drug-likeness (QED) is 0.821. The van der Waals surface area contributed by atoms with Crippen molar-refractivity contribution in [2.24, 2.45) is 0 Å². The van der Waals surface area contributed by atoms with Crippen molar-refractivity contribution >= 4 is 40.6 Å². The van der Waals surface area contributed by atoms with Crippen molar-refractivity contribution in [2.75, 3.05) is 0 Å². The highest BCUT2D eigenvalue weighted by atomic mass is 35.5. The maximum absolute atomic E-state index is 11.7. The Labute approximate surface area is 143 Å². The van der Waals surface area contributed by atoms with E-state index in [0.717, 1.165) is 40.0 Å². The van der Waals surface area contributed by atoms with Gasteiger partial charge in [-0.2, -0.15) is 0 Å². The van der Waals surface area contributed by atoms with Crippen LogP contribution in [-0.2, 0) is 4.79 Å². The zero-order valence-electron chi connectivity index (χ0n) is 12.9. The summed E-state index contributed by atoms with van der Waals surface area (Å²) >= 11 is 7.06. The molecule has 1 aliphatic heterocycles. The molecule has 0 spiro atoms. The first-order chi connectivity index (χ1) is 10.9. The molecule has 3 rings (SSSR count). The molecule has 4 nitrogen and oxygen atoms in total. The molecule has 23 heavy (non-hydrogen) atoms. The molecule has 1 fully saturated rings. The van der Waals surface area contributed by atoms with Crippen LogP contribution < -0.4 is 5.32 Å². The number of aromatic nitrogens is 1. The van der Waals surface area contributed by atoms with Crippen molar-refractivity contribution in [3.8, 4) is 5.69 Å². The van der Waals surface area contributed by atoms with Crippen molar-refractivity contribution in [1.29, 1.82) is 0 Å². The summed E-state index contributed by atoms with van der Waals surface area (Å²) in [6, 6.07) is 7.77. The number of imide groups is 1. The van der Waals surface area contributed by atoms with Gasteiger partial charge in [-0.05, 0) is 67.9 Å². The van der Waals surface area contributed by atoms with Crippen LogP contribution in [0.5, 0.6) is 0 Å². The second kappa shape index (κ2) is 5.91. The van der Waals surface area contributed by atoms with Crippen LogP contribution >= 0.6 is 23.4 Å².